The van der Waals surface area contributed by atoms with Gasteiger partial charge in [0.2, 0.25) is 0 Å². The summed E-state index contributed by atoms with van der Waals surface area (Å²) in [7, 11) is 0. The van der Waals surface area contributed by atoms with Crippen molar-refractivity contribution in [2.24, 2.45) is 0 Å². The quantitative estimate of drug-likeness (QED) is 0.656. The molecule has 14 heavy (non-hydrogen) atoms. The van der Waals surface area contributed by atoms with Gasteiger partial charge in [0.25, 0.3) is 0 Å². The number of phenols is 1. The van der Waals surface area contributed by atoms with Gasteiger partial charge in [-0.3, -0.25) is 0 Å². The number of ether oxygens (including phenoxy) is 1. The molecule has 0 aliphatic heterocycles. The van der Waals surface area contributed by atoms with E-state index in [0.29, 0.717) is 5.56 Å². The molecule has 1 N–H and O–H groups in total. The molecule has 0 spiro atoms. The zero-order chi connectivity index (χ0) is 10.8. The SMILES string of the molecule is CC(C)(Br)OC(=O)c1ccc(O)cc1. The standard InChI is InChI=1S/C10H11BrO3/c1-10(2,11)14-9(13)7-3-5-8(12)6-4-7/h3-6,12H,1-2H3. The van der Waals surface area contributed by atoms with E-state index in [2.05, 4.69) is 15.9 Å². The van der Waals surface area contributed by atoms with Gasteiger partial charge < -0.3 is 9.84 Å². The van der Waals surface area contributed by atoms with Crippen LogP contribution in [0.3, 0.4) is 0 Å². The molecule has 0 atom stereocenters. The van der Waals surface area contributed by atoms with Gasteiger partial charge in [0.1, 0.15) is 5.75 Å². The van der Waals surface area contributed by atoms with E-state index in [0.717, 1.165) is 0 Å². The van der Waals surface area contributed by atoms with Crippen LogP contribution in [0.25, 0.3) is 0 Å². The fraction of sp³-hybridized carbons (Fsp3) is 0.300. The van der Waals surface area contributed by atoms with Crippen LogP contribution >= 0.6 is 15.9 Å². The summed E-state index contributed by atoms with van der Waals surface area (Å²) in [6.07, 6.45) is 0. The Morgan fingerprint density at radius 2 is 1.86 bits per heavy atom. The third kappa shape index (κ3) is 3.38. The van der Waals surface area contributed by atoms with Crippen molar-refractivity contribution in [1.29, 1.82) is 0 Å². The minimum absolute atomic E-state index is 0.125. The van der Waals surface area contributed by atoms with Gasteiger partial charge in [-0.1, -0.05) is 0 Å². The van der Waals surface area contributed by atoms with Crippen molar-refractivity contribution in [2.45, 2.75) is 18.4 Å². The van der Waals surface area contributed by atoms with Crippen LogP contribution in [0.1, 0.15) is 24.2 Å². The molecule has 0 aromatic heterocycles. The number of alkyl halides is 1. The van der Waals surface area contributed by atoms with Gasteiger partial charge in [-0.15, -0.1) is 0 Å². The highest BCUT2D eigenvalue weighted by Gasteiger charge is 2.19. The molecular weight excluding hydrogens is 248 g/mol. The molecule has 0 saturated carbocycles. The molecule has 3 nitrogen and oxygen atoms in total. The topological polar surface area (TPSA) is 46.5 Å². The zero-order valence-corrected chi connectivity index (χ0v) is 9.54. The number of phenolic OH excluding ortho intramolecular Hbond substituents is 1. The lowest BCUT2D eigenvalue weighted by Crippen LogP contribution is -2.20. The number of carbonyl (C=O) groups excluding carboxylic acids is 1. The number of carbonyl (C=O) groups is 1. The molecule has 0 aliphatic rings. The maximum Gasteiger partial charge on any atom is 0.339 e. The summed E-state index contributed by atoms with van der Waals surface area (Å²) in [5.41, 5.74) is 0.412. The first-order valence-electron chi connectivity index (χ1n) is 4.10. The smallest absolute Gasteiger partial charge is 0.339 e. The van der Waals surface area contributed by atoms with Gasteiger partial charge in [-0.2, -0.15) is 0 Å². The Labute approximate surface area is 90.8 Å². The van der Waals surface area contributed by atoms with Gasteiger partial charge in [-0.05, 0) is 54.0 Å². The monoisotopic (exact) mass is 258 g/mol. The molecule has 0 saturated heterocycles. The number of aromatic hydroxyl groups is 1. The molecule has 76 valence electrons. The van der Waals surface area contributed by atoms with E-state index < -0.39 is 10.5 Å². The molecule has 0 unspecified atom stereocenters. The van der Waals surface area contributed by atoms with Crippen molar-refractivity contribution in [1.82, 2.24) is 0 Å². The van der Waals surface area contributed by atoms with Crippen LogP contribution in [-0.4, -0.2) is 15.6 Å². The summed E-state index contributed by atoms with van der Waals surface area (Å²) in [6.45, 7) is 3.45. The average molecular weight is 259 g/mol. The Kier molecular flexibility index (Phi) is 3.16. The van der Waals surface area contributed by atoms with Crippen LogP contribution in [0.2, 0.25) is 0 Å². The number of hydrogen-bond donors (Lipinski definition) is 1. The summed E-state index contributed by atoms with van der Waals surface area (Å²) in [5, 5.41) is 9.01. The van der Waals surface area contributed by atoms with Crippen LogP contribution in [0, 0.1) is 0 Å². The maximum atomic E-state index is 11.4. The second-order valence-electron chi connectivity index (χ2n) is 3.30. The molecule has 1 aromatic carbocycles. The van der Waals surface area contributed by atoms with Gasteiger partial charge in [0, 0.05) is 0 Å². The summed E-state index contributed by atoms with van der Waals surface area (Å²) < 4.78 is 4.38. The highest BCUT2D eigenvalue weighted by atomic mass is 79.9. The number of halogens is 1. The molecule has 0 bridgehead atoms. The summed E-state index contributed by atoms with van der Waals surface area (Å²) in [4.78, 5) is 11.4. The second kappa shape index (κ2) is 4.00. The lowest BCUT2D eigenvalue weighted by atomic mass is 10.2. The van der Waals surface area contributed by atoms with E-state index in [-0.39, 0.29) is 5.75 Å². The Morgan fingerprint density at radius 3 is 2.29 bits per heavy atom. The van der Waals surface area contributed by atoms with E-state index in [9.17, 15) is 4.79 Å². The van der Waals surface area contributed by atoms with Crippen molar-refractivity contribution in [3.63, 3.8) is 0 Å². The number of esters is 1. The van der Waals surface area contributed by atoms with Gasteiger partial charge in [0.15, 0.2) is 4.51 Å². The normalized spacial score (nSPS) is 11.1. The molecular formula is C10H11BrO3. The molecule has 0 amide bonds. The van der Waals surface area contributed by atoms with Crippen molar-refractivity contribution in [2.75, 3.05) is 0 Å². The molecule has 0 aliphatic carbocycles. The minimum Gasteiger partial charge on any atom is -0.508 e. The number of benzene rings is 1. The van der Waals surface area contributed by atoms with Crippen molar-refractivity contribution >= 4 is 21.9 Å². The first-order valence-corrected chi connectivity index (χ1v) is 4.89. The van der Waals surface area contributed by atoms with E-state index in [1.54, 1.807) is 13.8 Å². The summed E-state index contributed by atoms with van der Waals surface area (Å²) in [5.74, 6) is -0.300. The lowest BCUT2D eigenvalue weighted by Gasteiger charge is -2.17. The van der Waals surface area contributed by atoms with Crippen LogP contribution in [0.15, 0.2) is 24.3 Å². The Morgan fingerprint density at radius 1 is 1.36 bits per heavy atom. The average Bonchev–Trinajstić information content (AvgIpc) is 2.02. The third-order valence-electron chi connectivity index (χ3n) is 1.44. The second-order valence-corrected chi connectivity index (χ2v) is 5.21. The Balaban J connectivity index is 2.76. The van der Waals surface area contributed by atoms with E-state index in [1.807, 2.05) is 0 Å². The van der Waals surface area contributed by atoms with Crippen molar-refractivity contribution in [3.8, 4) is 5.75 Å². The fourth-order valence-electron chi connectivity index (χ4n) is 0.877. The highest BCUT2D eigenvalue weighted by Crippen LogP contribution is 2.20. The van der Waals surface area contributed by atoms with Crippen molar-refractivity contribution < 1.29 is 14.6 Å². The first-order chi connectivity index (χ1) is 6.38. The minimum atomic E-state index is -0.679. The molecule has 4 heteroatoms. The van der Waals surface area contributed by atoms with E-state index >= 15 is 0 Å². The predicted octanol–water partition coefficient (Wildman–Crippen LogP) is 2.68. The number of rotatable bonds is 2. The highest BCUT2D eigenvalue weighted by molar-refractivity contribution is 9.10. The van der Waals surface area contributed by atoms with E-state index in [4.69, 9.17) is 9.84 Å². The van der Waals surface area contributed by atoms with Gasteiger partial charge >= 0.3 is 5.97 Å². The first kappa shape index (κ1) is 11.0. The van der Waals surface area contributed by atoms with Crippen LogP contribution < -0.4 is 0 Å². The molecule has 0 radical (unpaired) electrons. The Bertz CT molecular complexity index is 324. The zero-order valence-electron chi connectivity index (χ0n) is 7.95. The van der Waals surface area contributed by atoms with Gasteiger partial charge in [-0.25, -0.2) is 4.79 Å². The lowest BCUT2D eigenvalue weighted by molar-refractivity contribution is 0.0315. The summed E-state index contributed by atoms with van der Waals surface area (Å²) in [6, 6.07) is 5.91. The number of hydrogen-bond acceptors (Lipinski definition) is 3. The predicted molar refractivity (Wildman–Crippen MR) is 56.5 cm³/mol. The van der Waals surface area contributed by atoms with Crippen LogP contribution in [0.5, 0.6) is 5.75 Å². The fourth-order valence-corrected chi connectivity index (χ4v) is 1.02. The van der Waals surface area contributed by atoms with Crippen LogP contribution in [0.4, 0.5) is 0 Å². The van der Waals surface area contributed by atoms with Crippen LogP contribution in [-0.2, 0) is 4.74 Å². The van der Waals surface area contributed by atoms with Crippen molar-refractivity contribution in [3.05, 3.63) is 29.8 Å². The molecule has 1 rings (SSSR count). The molecule has 0 fully saturated rings. The maximum absolute atomic E-state index is 11.4. The molecule has 1 aromatic rings. The Hall–Kier alpha value is -1.03. The molecule has 0 heterocycles. The summed E-state index contributed by atoms with van der Waals surface area (Å²) >= 11 is 3.20. The van der Waals surface area contributed by atoms with E-state index in [1.165, 1.54) is 24.3 Å². The van der Waals surface area contributed by atoms with Gasteiger partial charge in [0.05, 0.1) is 5.56 Å². The largest absolute Gasteiger partial charge is 0.508 e. The third-order valence-corrected chi connectivity index (χ3v) is 1.60.